The predicted molar refractivity (Wildman–Crippen MR) is 74.9 cm³/mol. The van der Waals surface area contributed by atoms with Gasteiger partial charge in [0.1, 0.15) is 0 Å². The molecule has 1 rings (SSSR count). The molecule has 1 aromatic carbocycles. The second-order valence-corrected chi connectivity index (χ2v) is 4.37. The SMILES string of the molecule is CCc1ccc(NC(=S)N[C@@H](C)CC)cc1. The first-order valence-electron chi connectivity index (χ1n) is 5.82. The Kier molecular flexibility index (Phi) is 5.26. The molecule has 0 fully saturated rings. The van der Waals surface area contributed by atoms with E-state index < -0.39 is 0 Å². The van der Waals surface area contributed by atoms with Crippen LogP contribution in [0, 0.1) is 0 Å². The summed E-state index contributed by atoms with van der Waals surface area (Å²) >= 11 is 5.22. The highest BCUT2D eigenvalue weighted by molar-refractivity contribution is 7.80. The van der Waals surface area contributed by atoms with E-state index in [1.54, 1.807) is 0 Å². The summed E-state index contributed by atoms with van der Waals surface area (Å²) in [4.78, 5) is 0. The molecule has 0 saturated carbocycles. The molecule has 2 nitrogen and oxygen atoms in total. The summed E-state index contributed by atoms with van der Waals surface area (Å²) in [6.45, 7) is 6.40. The van der Waals surface area contributed by atoms with Crippen LogP contribution < -0.4 is 10.6 Å². The number of hydrogen-bond donors (Lipinski definition) is 2. The van der Waals surface area contributed by atoms with Crippen molar-refractivity contribution in [1.82, 2.24) is 5.32 Å². The number of nitrogens with one attached hydrogen (secondary N) is 2. The molecule has 1 atom stereocenters. The molecule has 0 aliphatic heterocycles. The predicted octanol–water partition coefficient (Wildman–Crippen LogP) is 3.33. The Hall–Kier alpha value is -1.09. The van der Waals surface area contributed by atoms with Crippen molar-refractivity contribution in [2.24, 2.45) is 0 Å². The van der Waals surface area contributed by atoms with Gasteiger partial charge in [0.15, 0.2) is 5.11 Å². The van der Waals surface area contributed by atoms with E-state index in [9.17, 15) is 0 Å². The highest BCUT2D eigenvalue weighted by atomic mass is 32.1. The van der Waals surface area contributed by atoms with E-state index in [0.29, 0.717) is 11.2 Å². The van der Waals surface area contributed by atoms with Gasteiger partial charge in [-0.05, 0) is 49.7 Å². The zero-order valence-electron chi connectivity index (χ0n) is 10.2. The molecule has 3 heteroatoms. The minimum atomic E-state index is 0.412. The Labute approximate surface area is 103 Å². The molecule has 2 N–H and O–H groups in total. The van der Waals surface area contributed by atoms with Crippen LogP contribution in [0.1, 0.15) is 32.8 Å². The standard InChI is InChI=1S/C13H20N2S/c1-4-10(3)14-13(16)15-12-8-6-11(5-2)7-9-12/h6-10H,4-5H2,1-3H3,(H2,14,15,16)/t10-/m0/s1. The van der Waals surface area contributed by atoms with Gasteiger partial charge in [0.25, 0.3) is 0 Å². The van der Waals surface area contributed by atoms with Crippen LogP contribution >= 0.6 is 12.2 Å². The highest BCUT2D eigenvalue weighted by Gasteiger charge is 2.01. The van der Waals surface area contributed by atoms with Crippen molar-refractivity contribution in [3.63, 3.8) is 0 Å². The first-order valence-corrected chi connectivity index (χ1v) is 6.23. The highest BCUT2D eigenvalue weighted by Crippen LogP contribution is 2.09. The van der Waals surface area contributed by atoms with Gasteiger partial charge in [-0.1, -0.05) is 26.0 Å². The first kappa shape index (κ1) is 13.0. The number of hydrogen-bond acceptors (Lipinski definition) is 1. The molecular formula is C13H20N2S. The van der Waals surface area contributed by atoms with Crippen molar-refractivity contribution in [1.29, 1.82) is 0 Å². The van der Waals surface area contributed by atoms with Crippen molar-refractivity contribution in [3.05, 3.63) is 29.8 Å². The largest absolute Gasteiger partial charge is 0.360 e. The number of thiocarbonyl (C=S) groups is 1. The van der Waals surface area contributed by atoms with Gasteiger partial charge in [-0.2, -0.15) is 0 Å². The smallest absolute Gasteiger partial charge is 0.170 e. The van der Waals surface area contributed by atoms with Crippen LogP contribution in [0.25, 0.3) is 0 Å². The lowest BCUT2D eigenvalue weighted by Crippen LogP contribution is -2.35. The summed E-state index contributed by atoms with van der Waals surface area (Å²) in [5, 5.41) is 7.10. The zero-order chi connectivity index (χ0) is 12.0. The van der Waals surface area contributed by atoms with Crippen LogP contribution in [0.4, 0.5) is 5.69 Å². The van der Waals surface area contributed by atoms with E-state index in [4.69, 9.17) is 12.2 Å². The normalized spacial score (nSPS) is 11.9. The van der Waals surface area contributed by atoms with Crippen LogP contribution in [-0.2, 0) is 6.42 Å². The van der Waals surface area contributed by atoms with Gasteiger partial charge < -0.3 is 10.6 Å². The van der Waals surface area contributed by atoms with Crippen molar-refractivity contribution in [3.8, 4) is 0 Å². The van der Waals surface area contributed by atoms with Crippen molar-refractivity contribution >= 4 is 23.0 Å². The molecule has 88 valence electrons. The molecule has 0 aliphatic carbocycles. The molecule has 1 aromatic rings. The van der Waals surface area contributed by atoms with Gasteiger partial charge in [0.05, 0.1) is 0 Å². The Bertz CT molecular complexity index is 332. The Morgan fingerprint density at radius 1 is 1.25 bits per heavy atom. The molecule has 0 saturated heterocycles. The van der Waals surface area contributed by atoms with Crippen molar-refractivity contribution in [2.45, 2.75) is 39.7 Å². The lowest BCUT2D eigenvalue weighted by atomic mass is 10.1. The summed E-state index contributed by atoms with van der Waals surface area (Å²) < 4.78 is 0. The van der Waals surface area contributed by atoms with Gasteiger partial charge in [-0.25, -0.2) is 0 Å². The van der Waals surface area contributed by atoms with E-state index in [-0.39, 0.29) is 0 Å². The minimum Gasteiger partial charge on any atom is -0.360 e. The van der Waals surface area contributed by atoms with Crippen LogP contribution in [0.2, 0.25) is 0 Å². The fraction of sp³-hybridized carbons (Fsp3) is 0.462. The second-order valence-electron chi connectivity index (χ2n) is 3.96. The summed E-state index contributed by atoms with van der Waals surface area (Å²) in [6, 6.07) is 8.77. The lowest BCUT2D eigenvalue weighted by Gasteiger charge is -2.15. The Morgan fingerprint density at radius 2 is 1.88 bits per heavy atom. The van der Waals surface area contributed by atoms with Crippen LogP contribution in [0.5, 0.6) is 0 Å². The van der Waals surface area contributed by atoms with E-state index in [1.165, 1.54) is 5.56 Å². The summed E-state index contributed by atoms with van der Waals surface area (Å²) in [7, 11) is 0. The average molecular weight is 236 g/mol. The third-order valence-electron chi connectivity index (χ3n) is 2.61. The fourth-order valence-electron chi connectivity index (χ4n) is 1.32. The third kappa shape index (κ3) is 4.19. The van der Waals surface area contributed by atoms with E-state index >= 15 is 0 Å². The molecule has 0 unspecified atom stereocenters. The number of anilines is 1. The zero-order valence-corrected chi connectivity index (χ0v) is 11.0. The molecule has 16 heavy (non-hydrogen) atoms. The average Bonchev–Trinajstić information content (AvgIpc) is 2.29. The summed E-state index contributed by atoms with van der Waals surface area (Å²) in [5.74, 6) is 0. The molecule has 0 bridgehead atoms. The van der Waals surface area contributed by atoms with E-state index in [1.807, 2.05) is 0 Å². The maximum Gasteiger partial charge on any atom is 0.170 e. The van der Waals surface area contributed by atoms with Crippen LogP contribution in [-0.4, -0.2) is 11.2 Å². The minimum absolute atomic E-state index is 0.412. The topological polar surface area (TPSA) is 24.1 Å². The Morgan fingerprint density at radius 3 is 2.38 bits per heavy atom. The van der Waals surface area contributed by atoms with Gasteiger partial charge >= 0.3 is 0 Å². The Balaban J connectivity index is 2.49. The van der Waals surface area contributed by atoms with E-state index in [0.717, 1.165) is 18.5 Å². The molecule has 0 aromatic heterocycles. The number of aryl methyl sites for hydroxylation is 1. The molecule has 0 heterocycles. The molecular weight excluding hydrogens is 216 g/mol. The number of benzene rings is 1. The van der Waals surface area contributed by atoms with Gasteiger partial charge in [-0.15, -0.1) is 0 Å². The monoisotopic (exact) mass is 236 g/mol. The van der Waals surface area contributed by atoms with Gasteiger partial charge in [0, 0.05) is 11.7 Å². The lowest BCUT2D eigenvalue weighted by molar-refractivity contribution is 0.646. The van der Waals surface area contributed by atoms with Gasteiger partial charge in [-0.3, -0.25) is 0 Å². The first-order chi connectivity index (χ1) is 7.65. The van der Waals surface area contributed by atoms with Crippen molar-refractivity contribution < 1.29 is 0 Å². The van der Waals surface area contributed by atoms with Crippen LogP contribution in [0.15, 0.2) is 24.3 Å². The molecule has 0 spiro atoms. The quantitative estimate of drug-likeness (QED) is 0.784. The van der Waals surface area contributed by atoms with Crippen LogP contribution in [0.3, 0.4) is 0 Å². The maximum absolute atomic E-state index is 5.22. The number of rotatable bonds is 4. The molecule has 0 amide bonds. The second kappa shape index (κ2) is 6.48. The third-order valence-corrected chi connectivity index (χ3v) is 2.83. The summed E-state index contributed by atoms with van der Waals surface area (Å²) in [6.07, 6.45) is 2.13. The van der Waals surface area contributed by atoms with E-state index in [2.05, 4.69) is 55.7 Å². The fourth-order valence-corrected chi connectivity index (χ4v) is 1.64. The maximum atomic E-state index is 5.22. The van der Waals surface area contributed by atoms with Gasteiger partial charge in [0.2, 0.25) is 0 Å². The van der Waals surface area contributed by atoms with Crippen molar-refractivity contribution in [2.75, 3.05) is 5.32 Å². The summed E-state index contributed by atoms with van der Waals surface area (Å²) in [5.41, 5.74) is 2.38. The molecule has 0 aliphatic rings. The molecule has 0 radical (unpaired) electrons.